The average Bonchev–Trinajstić information content (AvgIpc) is 3.03. The van der Waals surface area contributed by atoms with Crippen molar-refractivity contribution in [3.63, 3.8) is 0 Å². The van der Waals surface area contributed by atoms with Gasteiger partial charge in [-0.05, 0) is 48.6 Å². The third-order valence-corrected chi connectivity index (χ3v) is 6.00. The van der Waals surface area contributed by atoms with Crippen LogP contribution in [0.15, 0.2) is 107 Å². The van der Waals surface area contributed by atoms with E-state index in [-0.39, 0.29) is 5.41 Å². The largest absolute Gasteiger partial charge is 0.496 e. The summed E-state index contributed by atoms with van der Waals surface area (Å²) in [4.78, 5) is 4.90. The van der Waals surface area contributed by atoms with Crippen LogP contribution >= 0.6 is 0 Å². The molecule has 3 rings (SSSR count). The Morgan fingerprint density at radius 1 is 1.16 bits per heavy atom. The van der Waals surface area contributed by atoms with Crippen LogP contribution in [0.25, 0.3) is 5.57 Å². The summed E-state index contributed by atoms with van der Waals surface area (Å²) in [5, 5.41) is 0. The molecule has 2 bridgehead atoms. The highest BCUT2D eigenvalue weighted by molar-refractivity contribution is 6.02. The van der Waals surface area contributed by atoms with E-state index in [9.17, 15) is 0 Å². The van der Waals surface area contributed by atoms with E-state index in [1.54, 1.807) is 19.3 Å². The summed E-state index contributed by atoms with van der Waals surface area (Å²) < 4.78 is 5.43. The lowest BCUT2D eigenvalue weighted by Crippen LogP contribution is -2.26. The van der Waals surface area contributed by atoms with Crippen molar-refractivity contribution in [1.82, 2.24) is 0 Å². The molecule has 1 aromatic carbocycles. The van der Waals surface area contributed by atoms with Crippen LogP contribution < -0.4 is 0 Å². The highest BCUT2D eigenvalue weighted by atomic mass is 16.5. The standard InChI is InChI=1S/C28H31NO.C2H6/c1-8-12-27(30-7)19(3)20(4)29-26(9-2)22-16-15-21-17-23(18-22)28(5,6)25-14-11-10-13-24(21)25;1-2/h8-16,18H,1,3,17H2,2,4-7H3;1-2H3/b26-9-,27-12+,29-20?;. The van der Waals surface area contributed by atoms with E-state index in [1.807, 2.05) is 27.7 Å². The monoisotopic (exact) mass is 427 g/mol. The Kier molecular flexibility index (Phi) is 8.60. The summed E-state index contributed by atoms with van der Waals surface area (Å²) in [7, 11) is 1.63. The highest BCUT2D eigenvalue weighted by Crippen LogP contribution is 2.47. The number of nitrogens with zero attached hydrogens (tertiary/aromatic N) is 1. The maximum absolute atomic E-state index is 5.43. The Labute approximate surface area is 194 Å². The number of ether oxygens (including phenoxy) is 1. The van der Waals surface area contributed by atoms with E-state index in [1.165, 1.54) is 22.3 Å². The molecule has 2 aliphatic carbocycles. The topological polar surface area (TPSA) is 21.6 Å². The second kappa shape index (κ2) is 10.9. The van der Waals surface area contributed by atoms with Crippen molar-refractivity contribution < 1.29 is 4.74 Å². The van der Waals surface area contributed by atoms with Crippen molar-refractivity contribution in [3.8, 4) is 0 Å². The minimum absolute atomic E-state index is 0.0194. The van der Waals surface area contributed by atoms with Crippen LogP contribution in [-0.4, -0.2) is 12.8 Å². The molecule has 0 aromatic heterocycles. The molecule has 32 heavy (non-hydrogen) atoms. The summed E-state index contributed by atoms with van der Waals surface area (Å²) in [6, 6.07) is 8.75. The molecule has 0 N–H and O–H groups in total. The lowest BCUT2D eigenvalue weighted by atomic mass is 9.67. The van der Waals surface area contributed by atoms with Gasteiger partial charge in [-0.1, -0.05) is 101 Å². The predicted octanol–water partition coefficient (Wildman–Crippen LogP) is 8.28. The van der Waals surface area contributed by atoms with Crippen molar-refractivity contribution in [2.45, 2.75) is 53.4 Å². The Hall–Kier alpha value is -3.13. The van der Waals surface area contributed by atoms with Crippen LogP contribution in [0.4, 0.5) is 0 Å². The fourth-order valence-electron chi connectivity index (χ4n) is 4.09. The molecule has 0 spiro atoms. The summed E-state index contributed by atoms with van der Waals surface area (Å²) in [6.45, 7) is 20.5. The average molecular weight is 428 g/mol. The van der Waals surface area contributed by atoms with Crippen LogP contribution in [0.3, 0.4) is 0 Å². The van der Waals surface area contributed by atoms with Crippen LogP contribution in [0.2, 0.25) is 0 Å². The lowest BCUT2D eigenvalue weighted by molar-refractivity contribution is 0.304. The smallest absolute Gasteiger partial charge is 0.127 e. The Morgan fingerprint density at radius 2 is 1.84 bits per heavy atom. The Balaban J connectivity index is 0.00000176. The van der Waals surface area contributed by atoms with Crippen molar-refractivity contribution in [2.24, 2.45) is 4.99 Å². The lowest BCUT2D eigenvalue weighted by Gasteiger charge is -2.36. The molecular formula is C30H37NO. The molecule has 0 saturated carbocycles. The van der Waals surface area contributed by atoms with E-state index >= 15 is 0 Å². The molecule has 0 aliphatic heterocycles. The van der Waals surface area contributed by atoms with E-state index in [4.69, 9.17) is 9.73 Å². The maximum atomic E-state index is 5.43. The first-order valence-corrected chi connectivity index (χ1v) is 11.3. The number of hydrogen-bond acceptors (Lipinski definition) is 2. The number of rotatable bonds is 6. The summed E-state index contributed by atoms with van der Waals surface area (Å²) in [5.74, 6) is 0.671. The quantitative estimate of drug-likeness (QED) is 0.254. The van der Waals surface area contributed by atoms with E-state index in [0.29, 0.717) is 5.76 Å². The molecule has 0 unspecified atom stereocenters. The number of aliphatic imine (C=N–C) groups is 1. The molecule has 0 heterocycles. The molecule has 2 nitrogen and oxygen atoms in total. The fraction of sp³-hybridized carbons (Fsp3) is 0.300. The Morgan fingerprint density at radius 3 is 2.47 bits per heavy atom. The number of methoxy groups -OCH3 is 1. The van der Waals surface area contributed by atoms with E-state index in [2.05, 4.69) is 75.6 Å². The van der Waals surface area contributed by atoms with Gasteiger partial charge in [-0.3, -0.25) is 4.99 Å². The SMILES string of the molecule is C=C/C=C(/OC)C(=C)C(C)=N/C(=C\C)C1=CC=C2CC(=C1)C(C)(C)c1ccccc12.CC. The normalized spacial score (nSPS) is 17.5. The highest BCUT2D eigenvalue weighted by Gasteiger charge is 2.34. The molecule has 0 fully saturated rings. The zero-order valence-corrected chi connectivity index (χ0v) is 20.8. The van der Waals surface area contributed by atoms with Gasteiger partial charge in [-0.25, -0.2) is 0 Å². The predicted molar refractivity (Wildman–Crippen MR) is 141 cm³/mol. The van der Waals surface area contributed by atoms with Gasteiger partial charge in [0, 0.05) is 16.7 Å². The molecule has 1 aromatic rings. The van der Waals surface area contributed by atoms with Gasteiger partial charge in [0.05, 0.1) is 12.8 Å². The van der Waals surface area contributed by atoms with Gasteiger partial charge in [0.25, 0.3) is 0 Å². The molecule has 0 atom stereocenters. The first-order valence-electron chi connectivity index (χ1n) is 11.3. The summed E-state index contributed by atoms with van der Waals surface area (Å²) in [6.07, 6.45) is 13.3. The molecule has 0 amide bonds. The number of allylic oxidation sites excluding steroid dienone is 9. The van der Waals surface area contributed by atoms with Gasteiger partial charge in [0.2, 0.25) is 0 Å². The maximum Gasteiger partial charge on any atom is 0.127 e. The fourth-order valence-corrected chi connectivity index (χ4v) is 4.09. The number of benzene rings is 1. The molecule has 2 aliphatic rings. The van der Waals surface area contributed by atoms with Gasteiger partial charge in [0.1, 0.15) is 5.76 Å². The summed E-state index contributed by atoms with van der Waals surface area (Å²) >= 11 is 0. The zero-order valence-electron chi connectivity index (χ0n) is 20.8. The van der Waals surface area contributed by atoms with Gasteiger partial charge in [-0.15, -0.1) is 0 Å². The first kappa shape index (κ1) is 25.1. The first-order chi connectivity index (χ1) is 15.3. The third kappa shape index (κ3) is 5.02. The zero-order chi connectivity index (χ0) is 23.9. The van der Waals surface area contributed by atoms with Crippen molar-refractivity contribution >= 4 is 11.3 Å². The van der Waals surface area contributed by atoms with Gasteiger partial charge < -0.3 is 4.74 Å². The second-order valence-electron chi connectivity index (χ2n) is 8.15. The van der Waals surface area contributed by atoms with Crippen molar-refractivity contribution in [1.29, 1.82) is 0 Å². The van der Waals surface area contributed by atoms with Crippen LogP contribution in [0, 0.1) is 0 Å². The van der Waals surface area contributed by atoms with E-state index < -0.39 is 0 Å². The Bertz CT molecular complexity index is 1070. The molecule has 2 heteroatoms. The van der Waals surface area contributed by atoms with Crippen LogP contribution in [-0.2, 0) is 10.2 Å². The van der Waals surface area contributed by atoms with Gasteiger partial charge in [-0.2, -0.15) is 0 Å². The third-order valence-electron chi connectivity index (χ3n) is 6.00. The second-order valence-corrected chi connectivity index (χ2v) is 8.15. The van der Waals surface area contributed by atoms with Crippen LogP contribution in [0.1, 0.15) is 59.1 Å². The molecule has 0 radical (unpaired) electrons. The molecular weight excluding hydrogens is 390 g/mol. The van der Waals surface area contributed by atoms with Crippen LogP contribution in [0.5, 0.6) is 0 Å². The van der Waals surface area contributed by atoms with Gasteiger partial charge >= 0.3 is 0 Å². The molecule has 168 valence electrons. The summed E-state index contributed by atoms with van der Waals surface area (Å²) in [5.41, 5.74) is 9.11. The molecule has 0 saturated heterocycles. The number of hydrogen-bond donors (Lipinski definition) is 0. The minimum atomic E-state index is -0.0194. The van der Waals surface area contributed by atoms with Crippen molar-refractivity contribution in [2.75, 3.05) is 7.11 Å². The van der Waals surface area contributed by atoms with E-state index in [0.717, 1.165) is 29.0 Å². The van der Waals surface area contributed by atoms with Crippen molar-refractivity contribution in [3.05, 3.63) is 113 Å². The van der Waals surface area contributed by atoms with Gasteiger partial charge in [0.15, 0.2) is 0 Å². The number of fused-ring (bicyclic) bond motifs is 4. The minimum Gasteiger partial charge on any atom is -0.496 e.